The standard InChI is InChI=1S/C10H17NO3/c12-10-1-2-13-6-9(10)11-4-8-3-7(11)5-14-8/h7-10,12H,1-6H2. The van der Waals surface area contributed by atoms with Crippen LogP contribution in [-0.2, 0) is 9.47 Å². The monoisotopic (exact) mass is 199 g/mol. The van der Waals surface area contributed by atoms with Crippen LogP contribution in [0.2, 0.25) is 0 Å². The van der Waals surface area contributed by atoms with Gasteiger partial charge < -0.3 is 14.6 Å². The molecule has 3 aliphatic heterocycles. The molecule has 0 aliphatic carbocycles. The van der Waals surface area contributed by atoms with Gasteiger partial charge in [0, 0.05) is 19.2 Å². The summed E-state index contributed by atoms with van der Waals surface area (Å²) in [6, 6.07) is 0.740. The lowest BCUT2D eigenvalue weighted by atomic mass is 10.0. The Balaban J connectivity index is 1.69. The fourth-order valence-electron chi connectivity index (χ4n) is 2.86. The van der Waals surface area contributed by atoms with Gasteiger partial charge >= 0.3 is 0 Å². The molecule has 3 heterocycles. The van der Waals surface area contributed by atoms with Gasteiger partial charge in [-0.2, -0.15) is 0 Å². The zero-order valence-electron chi connectivity index (χ0n) is 8.26. The third-order valence-corrected chi connectivity index (χ3v) is 3.66. The summed E-state index contributed by atoms with van der Waals surface area (Å²) in [7, 11) is 0. The summed E-state index contributed by atoms with van der Waals surface area (Å²) in [4.78, 5) is 2.39. The van der Waals surface area contributed by atoms with E-state index in [2.05, 4.69) is 4.90 Å². The first-order chi connectivity index (χ1) is 6.84. The summed E-state index contributed by atoms with van der Waals surface area (Å²) in [6.45, 7) is 3.21. The third kappa shape index (κ3) is 1.37. The molecule has 4 heteroatoms. The predicted octanol–water partition coefficient (Wildman–Crippen LogP) is -0.391. The molecule has 0 aromatic rings. The van der Waals surface area contributed by atoms with Gasteiger partial charge in [0.2, 0.25) is 0 Å². The number of aliphatic hydroxyl groups is 1. The summed E-state index contributed by atoms with van der Waals surface area (Å²) < 4.78 is 11.0. The van der Waals surface area contributed by atoms with Gasteiger partial charge in [-0.25, -0.2) is 0 Å². The third-order valence-electron chi connectivity index (χ3n) is 3.66. The highest BCUT2D eigenvalue weighted by Crippen LogP contribution is 2.31. The molecule has 3 fully saturated rings. The first-order valence-corrected chi connectivity index (χ1v) is 5.48. The average Bonchev–Trinajstić information content (AvgIpc) is 2.79. The number of fused-ring (bicyclic) bond motifs is 2. The molecule has 3 saturated heterocycles. The van der Waals surface area contributed by atoms with Crippen molar-refractivity contribution in [2.24, 2.45) is 0 Å². The number of nitrogens with zero attached hydrogens (tertiary/aromatic N) is 1. The molecule has 4 nitrogen and oxygen atoms in total. The van der Waals surface area contributed by atoms with Crippen molar-refractivity contribution in [3.05, 3.63) is 0 Å². The second-order valence-corrected chi connectivity index (χ2v) is 4.54. The van der Waals surface area contributed by atoms with Crippen LogP contribution in [0.15, 0.2) is 0 Å². The van der Waals surface area contributed by atoms with E-state index in [4.69, 9.17) is 9.47 Å². The van der Waals surface area contributed by atoms with Crippen molar-refractivity contribution >= 4 is 0 Å². The molecule has 4 atom stereocenters. The number of hydrogen-bond acceptors (Lipinski definition) is 4. The molecule has 3 rings (SSSR count). The molecule has 0 spiro atoms. The van der Waals surface area contributed by atoms with Crippen molar-refractivity contribution in [1.29, 1.82) is 0 Å². The summed E-state index contributed by atoms with van der Waals surface area (Å²) in [5.41, 5.74) is 0. The Morgan fingerprint density at radius 2 is 2.21 bits per heavy atom. The van der Waals surface area contributed by atoms with Crippen molar-refractivity contribution in [3.8, 4) is 0 Å². The number of rotatable bonds is 1. The fraction of sp³-hybridized carbons (Fsp3) is 1.00. The lowest BCUT2D eigenvalue weighted by Crippen LogP contribution is -2.54. The largest absolute Gasteiger partial charge is 0.391 e. The van der Waals surface area contributed by atoms with Gasteiger partial charge in [-0.1, -0.05) is 0 Å². The molecule has 0 aromatic carbocycles. The van der Waals surface area contributed by atoms with Crippen LogP contribution in [0.1, 0.15) is 12.8 Å². The topological polar surface area (TPSA) is 41.9 Å². The Kier molecular flexibility index (Phi) is 2.24. The van der Waals surface area contributed by atoms with E-state index in [1.165, 1.54) is 0 Å². The Morgan fingerprint density at radius 1 is 1.29 bits per heavy atom. The smallest absolute Gasteiger partial charge is 0.0739 e. The highest BCUT2D eigenvalue weighted by molar-refractivity contribution is 4.97. The highest BCUT2D eigenvalue weighted by Gasteiger charge is 2.44. The lowest BCUT2D eigenvalue weighted by Gasteiger charge is -2.39. The molecule has 80 valence electrons. The second kappa shape index (κ2) is 3.45. The molecule has 0 amide bonds. The SMILES string of the molecule is OC1CCOCC1N1CC2CC1CO2. The molecular weight excluding hydrogens is 182 g/mol. The number of aliphatic hydroxyl groups excluding tert-OH is 1. The Bertz CT molecular complexity index is 223. The van der Waals surface area contributed by atoms with Crippen LogP contribution in [0.25, 0.3) is 0 Å². The van der Waals surface area contributed by atoms with Crippen LogP contribution in [-0.4, -0.2) is 60.7 Å². The van der Waals surface area contributed by atoms with Crippen molar-refractivity contribution < 1.29 is 14.6 Å². The van der Waals surface area contributed by atoms with Crippen LogP contribution < -0.4 is 0 Å². The Labute approximate surface area is 83.8 Å². The van der Waals surface area contributed by atoms with Crippen LogP contribution >= 0.6 is 0 Å². The summed E-state index contributed by atoms with van der Waals surface area (Å²) in [5, 5.41) is 9.90. The van der Waals surface area contributed by atoms with Crippen LogP contribution in [0.5, 0.6) is 0 Å². The number of morpholine rings is 1. The van der Waals surface area contributed by atoms with Crippen molar-refractivity contribution in [2.75, 3.05) is 26.4 Å². The minimum Gasteiger partial charge on any atom is -0.391 e. The minimum absolute atomic E-state index is 0.205. The zero-order valence-corrected chi connectivity index (χ0v) is 8.26. The quantitative estimate of drug-likeness (QED) is 0.624. The predicted molar refractivity (Wildman–Crippen MR) is 50.1 cm³/mol. The van der Waals surface area contributed by atoms with E-state index >= 15 is 0 Å². The van der Waals surface area contributed by atoms with Gasteiger partial charge in [0.15, 0.2) is 0 Å². The van der Waals surface area contributed by atoms with Crippen LogP contribution in [0.3, 0.4) is 0 Å². The van der Waals surface area contributed by atoms with Crippen molar-refractivity contribution in [2.45, 2.75) is 37.1 Å². The maximum atomic E-state index is 9.90. The van der Waals surface area contributed by atoms with E-state index in [9.17, 15) is 5.11 Å². The molecule has 14 heavy (non-hydrogen) atoms. The molecule has 3 aliphatic rings. The minimum atomic E-state index is -0.205. The highest BCUT2D eigenvalue weighted by atomic mass is 16.5. The summed E-state index contributed by atoms with van der Waals surface area (Å²) in [5.74, 6) is 0. The first-order valence-electron chi connectivity index (χ1n) is 5.48. The zero-order chi connectivity index (χ0) is 9.54. The van der Waals surface area contributed by atoms with Crippen LogP contribution in [0, 0.1) is 0 Å². The van der Waals surface area contributed by atoms with Crippen LogP contribution in [0.4, 0.5) is 0 Å². The van der Waals surface area contributed by atoms with E-state index in [0.717, 1.165) is 26.0 Å². The molecule has 0 aromatic heterocycles. The molecule has 4 unspecified atom stereocenters. The van der Waals surface area contributed by atoms with Gasteiger partial charge in [-0.05, 0) is 12.8 Å². The van der Waals surface area contributed by atoms with E-state index in [-0.39, 0.29) is 12.1 Å². The lowest BCUT2D eigenvalue weighted by molar-refractivity contribution is -0.0876. The molecule has 2 bridgehead atoms. The summed E-state index contributed by atoms with van der Waals surface area (Å²) >= 11 is 0. The summed E-state index contributed by atoms with van der Waals surface area (Å²) in [6.07, 6.45) is 2.13. The normalized spacial score (nSPS) is 48.6. The van der Waals surface area contributed by atoms with E-state index in [1.807, 2.05) is 0 Å². The van der Waals surface area contributed by atoms with E-state index < -0.39 is 0 Å². The fourth-order valence-corrected chi connectivity index (χ4v) is 2.86. The average molecular weight is 199 g/mol. The van der Waals surface area contributed by atoms with Gasteiger partial charge in [0.25, 0.3) is 0 Å². The Morgan fingerprint density at radius 3 is 2.86 bits per heavy atom. The molecule has 0 saturated carbocycles. The molecular formula is C10H17NO3. The van der Waals surface area contributed by atoms with Gasteiger partial charge in [0.1, 0.15) is 0 Å². The molecule has 0 radical (unpaired) electrons. The number of ether oxygens (including phenoxy) is 2. The van der Waals surface area contributed by atoms with Gasteiger partial charge in [0.05, 0.1) is 31.5 Å². The second-order valence-electron chi connectivity index (χ2n) is 4.54. The van der Waals surface area contributed by atoms with Crippen molar-refractivity contribution in [3.63, 3.8) is 0 Å². The van der Waals surface area contributed by atoms with Crippen molar-refractivity contribution in [1.82, 2.24) is 4.90 Å². The molecule has 1 N–H and O–H groups in total. The van der Waals surface area contributed by atoms with E-state index in [0.29, 0.717) is 25.4 Å². The van der Waals surface area contributed by atoms with E-state index in [1.54, 1.807) is 0 Å². The van der Waals surface area contributed by atoms with Gasteiger partial charge in [-0.15, -0.1) is 0 Å². The first kappa shape index (κ1) is 9.09. The number of hydrogen-bond donors (Lipinski definition) is 1. The van der Waals surface area contributed by atoms with Gasteiger partial charge in [-0.3, -0.25) is 4.90 Å². The maximum Gasteiger partial charge on any atom is 0.0739 e. The number of likely N-dealkylation sites (tertiary alicyclic amines) is 1. The Hall–Kier alpha value is -0.160. The maximum absolute atomic E-state index is 9.90.